The number of piperazine rings is 1. The lowest BCUT2D eigenvalue weighted by atomic mass is 9.95. The third-order valence-corrected chi connectivity index (χ3v) is 6.37. The highest BCUT2D eigenvalue weighted by molar-refractivity contribution is 5.89. The number of rotatable bonds is 8. The van der Waals surface area contributed by atoms with Crippen LogP contribution in [0.5, 0.6) is 0 Å². The minimum absolute atomic E-state index is 0.0882. The van der Waals surface area contributed by atoms with Crippen molar-refractivity contribution in [2.24, 2.45) is 0 Å². The molecule has 4 rings (SSSR count). The monoisotopic (exact) mass is 449 g/mol. The van der Waals surface area contributed by atoms with E-state index in [2.05, 4.69) is 36.5 Å². The Bertz CT molecular complexity index is 1020. The van der Waals surface area contributed by atoms with Gasteiger partial charge in [0.15, 0.2) is 0 Å². The van der Waals surface area contributed by atoms with Crippen LogP contribution in [0.25, 0.3) is 11.1 Å². The third kappa shape index (κ3) is 5.60. The number of hydrogen-bond donors (Lipinski definition) is 1. The lowest BCUT2D eigenvalue weighted by molar-refractivity contribution is -0.146. The predicted molar refractivity (Wildman–Crippen MR) is 125 cm³/mol. The van der Waals surface area contributed by atoms with Crippen LogP contribution in [0.1, 0.15) is 24.0 Å². The maximum atomic E-state index is 12.9. The van der Waals surface area contributed by atoms with Crippen LogP contribution < -0.4 is 5.32 Å². The number of benzene rings is 2. The van der Waals surface area contributed by atoms with Gasteiger partial charge in [0, 0.05) is 39.0 Å². The van der Waals surface area contributed by atoms with Gasteiger partial charge >= 0.3 is 0 Å². The second-order valence-electron chi connectivity index (χ2n) is 8.65. The predicted octanol–water partition coefficient (Wildman–Crippen LogP) is 2.17. The molecule has 2 aromatic rings. The van der Waals surface area contributed by atoms with E-state index in [-0.39, 0.29) is 24.3 Å². The average molecular weight is 450 g/mol. The van der Waals surface area contributed by atoms with Gasteiger partial charge < -0.3 is 19.9 Å². The van der Waals surface area contributed by atoms with E-state index in [1.165, 1.54) is 5.56 Å². The number of nitrogens with zero attached hydrogens (tertiary/aromatic N) is 2. The first-order valence-corrected chi connectivity index (χ1v) is 11.6. The lowest BCUT2D eigenvalue weighted by Gasteiger charge is -2.35. The highest BCUT2D eigenvalue weighted by Gasteiger charge is 2.33. The number of aryl methyl sites for hydroxylation is 1. The minimum atomic E-state index is -0.567. The molecule has 0 aromatic heterocycles. The summed E-state index contributed by atoms with van der Waals surface area (Å²) in [6.45, 7) is 4.47. The molecule has 7 heteroatoms. The van der Waals surface area contributed by atoms with Crippen molar-refractivity contribution in [2.45, 2.75) is 32.2 Å². The van der Waals surface area contributed by atoms with Crippen molar-refractivity contribution in [3.8, 4) is 11.1 Å². The highest BCUT2D eigenvalue weighted by atomic mass is 16.5. The van der Waals surface area contributed by atoms with Crippen molar-refractivity contribution in [3.05, 3.63) is 59.7 Å². The van der Waals surface area contributed by atoms with E-state index < -0.39 is 6.04 Å². The molecule has 0 bridgehead atoms. The number of carbonyl (C=O) groups is 3. The summed E-state index contributed by atoms with van der Waals surface area (Å²) >= 11 is 0. The van der Waals surface area contributed by atoms with E-state index in [9.17, 15) is 14.4 Å². The zero-order valence-electron chi connectivity index (χ0n) is 19.1. The second-order valence-corrected chi connectivity index (χ2v) is 8.65. The Hall–Kier alpha value is -3.19. The van der Waals surface area contributed by atoms with Crippen molar-refractivity contribution < 1.29 is 19.1 Å². The molecular weight excluding hydrogens is 418 g/mol. The van der Waals surface area contributed by atoms with Crippen molar-refractivity contribution in [2.75, 3.05) is 39.4 Å². The van der Waals surface area contributed by atoms with Crippen LogP contribution in [0.3, 0.4) is 0 Å². The maximum Gasteiger partial charge on any atom is 0.249 e. The number of hydrogen-bond acceptors (Lipinski definition) is 4. The normalized spacial score (nSPS) is 18.5. The summed E-state index contributed by atoms with van der Waals surface area (Å²) in [6.07, 6.45) is 1.92. The zero-order chi connectivity index (χ0) is 23.2. The van der Waals surface area contributed by atoms with Crippen molar-refractivity contribution in [1.29, 1.82) is 0 Å². The number of carbonyl (C=O) groups excluding carboxylic acids is 3. The summed E-state index contributed by atoms with van der Waals surface area (Å²) in [5.74, 6) is -0.193. The largest absolute Gasteiger partial charge is 0.370 e. The van der Waals surface area contributed by atoms with Crippen molar-refractivity contribution in [3.63, 3.8) is 0 Å². The molecule has 174 valence electrons. The molecule has 2 aliphatic heterocycles. The van der Waals surface area contributed by atoms with Gasteiger partial charge in [-0.3, -0.25) is 14.4 Å². The molecule has 0 unspecified atom stereocenters. The summed E-state index contributed by atoms with van der Waals surface area (Å²) in [5, 5.41) is 2.88. The Morgan fingerprint density at radius 1 is 1.12 bits per heavy atom. The zero-order valence-corrected chi connectivity index (χ0v) is 19.1. The van der Waals surface area contributed by atoms with E-state index in [1.807, 2.05) is 24.3 Å². The van der Waals surface area contributed by atoms with Gasteiger partial charge in [0.05, 0.1) is 6.61 Å². The van der Waals surface area contributed by atoms with Gasteiger partial charge in [-0.25, -0.2) is 0 Å². The van der Waals surface area contributed by atoms with Crippen LogP contribution >= 0.6 is 0 Å². The van der Waals surface area contributed by atoms with Crippen LogP contribution in [0, 0.1) is 6.92 Å². The highest BCUT2D eigenvalue weighted by Crippen LogP contribution is 2.25. The Morgan fingerprint density at radius 3 is 2.76 bits per heavy atom. The molecule has 0 spiro atoms. The SMILES string of the molecule is Cc1ccccc1-c1cccc(C[C@@H]2C(=O)NCCN2C(=O)COCCN2CCCC2=O)c1. The minimum Gasteiger partial charge on any atom is -0.370 e. The van der Waals surface area contributed by atoms with E-state index in [1.54, 1.807) is 9.80 Å². The van der Waals surface area contributed by atoms with Gasteiger partial charge in [0.1, 0.15) is 12.6 Å². The van der Waals surface area contributed by atoms with Gasteiger partial charge in [-0.1, -0.05) is 48.5 Å². The topological polar surface area (TPSA) is 79.0 Å². The molecule has 2 fully saturated rings. The van der Waals surface area contributed by atoms with Gasteiger partial charge in [-0.05, 0) is 35.6 Å². The van der Waals surface area contributed by atoms with Crippen LogP contribution in [0.4, 0.5) is 0 Å². The van der Waals surface area contributed by atoms with Crippen LogP contribution in [0.15, 0.2) is 48.5 Å². The van der Waals surface area contributed by atoms with Gasteiger partial charge in [0.25, 0.3) is 0 Å². The fraction of sp³-hybridized carbons (Fsp3) is 0.423. The molecule has 2 aliphatic rings. The van der Waals surface area contributed by atoms with Gasteiger partial charge in [-0.2, -0.15) is 0 Å². The van der Waals surface area contributed by atoms with Gasteiger partial charge in [-0.15, -0.1) is 0 Å². The second kappa shape index (κ2) is 10.6. The standard InChI is InChI=1S/C26H31N3O4/c1-19-6-2-3-9-22(19)21-8-4-7-20(16-21)17-23-26(32)27-11-13-29(23)25(31)18-33-15-14-28-12-5-10-24(28)30/h2-4,6-9,16,23H,5,10-15,17-18H2,1H3,(H,27,32)/t23-/m1/s1. The quantitative estimate of drug-likeness (QED) is 0.627. The van der Waals surface area contributed by atoms with E-state index in [4.69, 9.17) is 4.74 Å². The third-order valence-electron chi connectivity index (χ3n) is 6.37. The molecule has 2 aromatic carbocycles. The molecule has 2 saturated heterocycles. The molecule has 0 aliphatic carbocycles. The Kier molecular flexibility index (Phi) is 7.40. The maximum absolute atomic E-state index is 12.9. The molecule has 0 radical (unpaired) electrons. The molecule has 1 atom stereocenters. The first kappa shape index (κ1) is 23.0. The van der Waals surface area contributed by atoms with E-state index in [0.29, 0.717) is 39.1 Å². The van der Waals surface area contributed by atoms with Crippen LogP contribution in [-0.4, -0.2) is 73.0 Å². The Morgan fingerprint density at radius 2 is 1.97 bits per heavy atom. The smallest absolute Gasteiger partial charge is 0.249 e. The fourth-order valence-corrected chi connectivity index (χ4v) is 4.56. The number of ether oxygens (including phenoxy) is 1. The molecule has 0 saturated carbocycles. The van der Waals surface area contributed by atoms with Crippen LogP contribution in [-0.2, 0) is 25.5 Å². The number of nitrogens with one attached hydrogen (secondary N) is 1. The Balaban J connectivity index is 1.38. The molecule has 7 nitrogen and oxygen atoms in total. The summed E-state index contributed by atoms with van der Waals surface area (Å²) in [5.41, 5.74) is 4.45. The number of amides is 3. The lowest BCUT2D eigenvalue weighted by Crippen LogP contribution is -2.58. The summed E-state index contributed by atoms with van der Waals surface area (Å²) in [7, 11) is 0. The van der Waals surface area contributed by atoms with E-state index in [0.717, 1.165) is 29.7 Å². The van der Waals surface area contributed by atoms with Crippen molar-refractivity contribution >= 4 is 17.7 Å². The summed E-state index contributed by atoms with van der Waals surface area (Å²) < 4.78 is 5.57. The van der Waals surface area contributed by atoms with Crippen LogP contribution in [0.2, 0.25) is 0 Å². The van der Waals surface area contributed by atoms with Gasteiger partial charge in [0.2, 0.25) is 17.7 Å². The average Bonchev–Trinajstić information content (AvgIpc) is 3.23. The molecular formula is C26H31N3O4. The molecule has 33 heavy (non-hydrogen) atoms. The molecule has 3 amide bonds. The fourth-order valence-electron chi connectivity index (χ4n) is 4.56. The summed E-state index contributed by atoms with van der Waals surface area (Å²) in [6, 6.07) is 15.8. The molecule has 2 heterocycles. The van der Waals surface area contributed by atoms with Crippen molar-refractivity contribution in [1.82, 2.24) is 15.1 Å². The Labute approximate surface area is 194 Å². The number of likely N-dealkylation sites (tertiary alicyclic amines) is 1. The first-order chi connectivity index (χ1) is 16.0. The van der Waals surface area contributed by atoms with E-state index >= 15 is 0 Å². The first-order valence-electron chi connectivity index (χ1n) is 11.6. The summed E-state index contributed by atoms with van der Waals surface area (Å²) in [4.78, 5) is 40.6. The molecule has 1 N–H and O–H groups in total.